The number of piperidine rings is 1. The van der Waals surface area contributed by atoms with Gasteiger partial charge in [-0.3, -0.25) is 14.4 Å². The van der Waals surface area contributed by atoms with Crippen molar-refractivity contribution in [1.82, 2.24) is 9.58 Å². The fourth-order valence-corrected chi connectivity index (χ4v) is 7.10. The molecule has 0 saturated carbocycles. The van der Waals surface area contributed by atoms with Crippen LogP contribution in [0.1, 0.15) is 40.0 Å². The summed E-state index contributed by atoms with van der Waals surface area (Å²) in [7, 11) is -3.76. The summed E-state index contributed by atoms with van der Waals surface area (Å²) in [4.78, 5) is 60.2. The van der Waals surface area contributed by atoms with Crippen LogP contribution in [0.2, 0.25) is 0 Å². The zero-order valence-corrected chi connectivity index (χ0v) is 24.8. The van der Waals surface area contributed by atoms with Crippen molar-refractivity contribution >= 4 is 31.5 Å². The molecular formula is C28H26F2N3O9PS. The van der Waals surface area contributed by atoms with Crippen LogP contribution in [0.5, 0.6) is 5.75 Å². The quantitative estimate of drug-likeness (QED) is 0.205. The largest absolute Gasteiger partial charge is 0.472 e. The van der Waals surface area contributed by atoms with Gasteiger partial charge in [0.25, 0.3) is 5.91 Å². The van der Waals surface area contributed by atoms with E-state index >= 15 is 8.78 Å². The third kappa shape index (κ3) is 5.50. The Morgan fingerprint density at radius 2 is 1.93 bits per heavy atom. The number of amides is 1. The number of nitrogens with one attached hydrogen (secondary N) is 1. The van der Waals surface area contributed by atoms with E-state index in [-0.39, 0.29) is 41.2 Å². The molecule has 1 fully saturated rings. The molecule has 0 radical (unpaired) electrons. The number of ether oxygens (including phenoxy) is 2. The molecule has 232 valence electrons. The first-order valence-electron chi connectivity index (χ1n) is 13.5. The van der Waals surface area contributed by atoms with Crippen molar-refractivity contribution < 1.29 is 46.7 Å². The Morgan fingerprint density at radius 3 is 2.68 bits per heavy atom. The lowest BCUT2D eigenvalue weighted by Crippen LogP contribution is -2.58. The van der Waals surface area contributed by atoms with Gasteiger partial charge in [-0.2, -0.15) is 0 Å². The number of phosphoric ester groups is 1. The number of carbonyl (C=O) groups is 2. The topological polar surface area (TPSA) is 157 Å². The Balaban J connectivity index is 1.53. The monoisotopic (exact) mass is 649 g/mol. The molecule has 0 spiro atoms. The molecule has 44 heavy (non-hydrogen) atoms. The summed E-state index contributed by atoms with van der Waals surface area (Å²) in [6.45, 7) is -1.11. The van der Waals surface area contributed by atoms with Crippen molar-refractivity contribution in [3.63, 3.8) is 0 Å². The van der Waals surface area contributed by atoms with Crippen LogP contribution in [0.25, 0.3) is 11.3 Å². The first-order chi connectivity index (χ1) is 21.0. The summed E-state index contributed by atoms with van der Waals surface area (Å²) in [5.41, 5.74) is 3.56. The Kier molecular flexibility index (Phi) is 8.01. The van der Waals surface area contributed by atoms with Gasteiger partial charge in [0.1, 0.15) is 6.17 Å². The number of nitrogens with zero attached hydrogens (tertiary/aromatic N) is 2. The van der Waals surface area contributed by atoms with Gasteiger partial charge in [-0.15, -0.1) is 11.8 Å². The van der Waals surface area contributed by atoms with E-state index in [4.69, 9.17) is 19.3 Å². The van der Waals surface area contributed by atoms with Crippen LogP contribution in [0.4, 0.5) is 8.78 Å². The number of esters is 1. The summed E-state index contributed by atoms with van der Waals surface area (Å²) in [5.74, 6) is -4.48. The molecule has 3 aliphatic heterocycles. The van der Waals surface area contributed by atoms with Crippen LogP contribution in [0.3, 0.4) is 0 Å². The standard InChI is InChI=1S/C28H26F2N3O9PS/c1-40-28(36)15-6-7-23-31-33-20(10-21(34)26(41-13-42-43(37,38)39)25(33)27(35)32(23)11-15)17-9-19(29)24(30)18-12-44-22-5-3-2-4-14(22)8-16(17)18/h2-5,9-10,15,23,31H,6-8,11-13H2,1H3,(H2,37,38,39)/t15?,23-/m0/s1. The van der Waals surface area contributed by atoms with Gasteiger partial charge in [-0.05, 0) is 42.5 Å². The molecule has 2 atom stereocenters. The fourth-order valence-electron chi connectivity index (χ4n) is 5.81. The minimum Gasteiger partial charge on any atom is -0.469 e. The molecule has 4 heterocycles. The number of thioether (sulfide) groups is 1. The maximum absolute atomic E-state index is 15.2. The molecule has 2 aromatic carbocycles. The van der Waals surface area contributed by atoms with Gasteiger partial charge in [0.05, 0.1) is 18.7 Å². The van der Waals surface area contributed by atoms with Crippen molar-refractivity contribution in [2.75, 3.05) is 25.9 Å². The molecule has 1 aromatic heterocycles. The van der Waals surface area contributed by atoms with E-state index in [1.165, 1.54) is 28.4 Å². The van der Waals surface area contributed by atoms with Gasteiger partial charge in [-0.1, -0.05) is 18.2 Å². The van der Waals surface area contributed by atoms with Crippen molar-refractivity contribution in [1.29, 1.82) is 0 Å². The molecule has 1 unspecified atom stereocenters. The third-order valence-corrected chi connectivity index (χ3v) is 9.46. The second-order valence-corrected chi connectivity index (χ2v) is 12.7. The van der Waals surface area contributed by atoms with E-state index in [0.29, 0.717) is 18.4 Å². The Labute approximate surface area is 253 Å². The van der Waals surface area contributed by atoms with Gasteiger partial charge in [0.15, 0.2) is 17.3 Å². The van der Waals surface area contributed by atoms with Gasteiger partial charge >= 0.3 is 13.8 Å². The molecule has 1 amide bonds. The number of pyridine rings is 1. The molecule has 3 aliphatic rings. The van der Waals surface area contributed by atoms with Crippen molar-refractivity contribution in [2.24, 2.45) is 5.92 Å². The first kappa shape index (κ1) is 30.3. The highest BCUT2D eigenvalue weighted by molar-refractivity contribution is 7.98. The number of methoxy groups -OCH3 is 1. The zero-order valence-electron chi connectivity index (χ0n) is 23.1. The van der Waals surface area contributed by atoms with E-state index in [1.54, 1.807) is 0 Å². The number of fused-ring (bicyclic) bond motifs is 4. The number of hydrogen-bond donors (Lipinski definition) is 3. The molecule has 6 rings (SSSR count). The molecule has 16 heteroatoms. The Bertz CT molecular complexity index is 1800. The molecule has 0 bridgehead atoms. The highest BCUT2D eigenvalue weighted by Gasteiger charge is 2.42. The number of halogens is 2. The minimum atomic E-state index is -5.00. The van der Waals surface area contributed by atoms with Crippen LogP contribution >= 0.6 is 19.6 Å². The van der Waals surface area contributed by atoms with Crippen LogP contribution in [-0.2, 0) is 30.8 Å². The highest BCUT2D eigenvalue weighted by Crippen LogP contribution is 2.41. The minimum absolute atomic E-state index is 0.0470. The maximum atomic E-state index is 15.2. The van der Waals surface area contributed by atoms with E-state index in [9.17, 15) is 18.9 Å². The number of aromatic nitrogens is 1. The summed E-state index contributed by atoms with van der Waals surface area (Å²) in [5, 5.41) is 0. The van der Waals surface area contributed by atoms with Crippen LogP contribution < -0.4 is 15.6 Å². The van der Waals surface area contributed by atoms with E-state index in [1.807, 2.05) is 24.3 Å². The van der Waals surface area contributed by atoms with Crippen molar-refractivity contribution in [3.05, 3.63) is 80.6 Å². The van der Waals surface area contributed by atoms with Crippen LogP contribution in [-0.4, -0.2) is 57.9 Å². The Morgan fingerprint density at radius 1 is 1.16 bits per heavy atom. The Hall–Kier alpha value is -3.75. The summed E-state index contributed by atoms with van der Waals surface area (Å²) < 4.78 is 57.4. The van der Waals surface area contributed by atoms with Gasteiger partial charge in [-0.25, -0.2) is 22.5 Å². The third-order valence-electron chi connectivity index (χ3n) is 7.88. The number of hydrogen-bond acceptors (Lipinski definition) is 9. The van der Waals surface area contributed by atoms with E-state index < -0.39 is 61.4 Å². The maximum Gasteiger partial charge on any atom is 0.472 e. The summed E-state index contributed by atoms with van der Waals surface area (Å²) in [6, 6.07) is 9.52. The number of rotatable bonds is 6. The molecule has 3 aromatic rings. The van der Waals surface area contributed by atoms with Crippen molar-refractivity contribution in [2.45, 2.75) is 36.1 Å². The lowest BCUT2D eigenvalue weighted by molar-refractivity contribution is -0.147. The predicted molar refractivity (Wildman–Crippen MR) is 152 cm³/mol. The zero-order chi connectivity index (χ0) is 31.3. The fraction of sp³-hybridized carbons (Fsp3) is 0.321. The lowest BCUT2D eigenvalue weighted by atomic mass is 9.92. The van der Waals surface area contributed by atoms with E-state index in [0.717, 1.165) is 22.6 Å². The van der Waals surface area contributed by atoms with Crippen molar-refractivity contribution in [3.8, 4) is 17.0 Å². The van der Waals surface area contributed by atoms with Crippen LogP contribution in [0.15, 0.2) is 46.1 Å². The number of phosphoric acid groups is 1. The number of carbonyl (C=O) groups excluding carboxylic acids is 2. The normalized spacial score (nSPS) is 19.1. The predicted octanol–water partition coefficient (Wildman–Crippen LogP) is 3.34. The lowest BCUT2D eigenvalue weighted by Gasteiger charge is -2.44. The second-order valence-electron chi connectivity index (χ2n) is 10.4. The molecule has 12 nitrogen and oxygen atoms in total. The van der Waals surface area contributed by atoms with Gasteiger partial charge in [0.2, 0.25) is 18.0 Å². The summed E-state index contributed by atoms with van der Waals surface area (Å²) in [6.07, 6.45) is 0.255. The second kappa shape index (κ2) is 11.6. The first-order valence-corrected chi connectivity index (χ1v) is 16.0. The molecule has 0 aliphatic carbocycles. The van der Waals surface area contributed by atoms with Gasteiger partial charge < -0.3 is 29.6 Å². The smallest absolute Gasteiger partial charge is 0.469 e. The average molecular weight is 650 g/mol. The van der Waals surface area contributed by atoms with Crippen LogP contribution in [0, 0.1) is 17.6 Å². The molecule has 1 saturated heterocycles. The molecule has 3 N–H and O–H groups in total. The summed E-state index contributed by atoms with van der Waals surface area (Å²) >= 11 is 1.36. The number of benzene rings is 2. The average Bonchev–Trinajstić information content (AvgIpc) is 3.19. The molecular weight excluding hydrogens is 623 g/mol. The van der Waals surface area contributed by atoms with E-state index in [2.05, 4.69) is 9.95 Å². The SMILES string of the molecule is COC(=O)C1CC[C@H]2Nn3c(-c4cc(F)c(F)c5c4Cc4ccccc4SC5)cc(=O)c(OCOP(=O)(O)O)c3C(=O)N2C1. The van der Waals surface area contributed by atoms with Gasteiger partial charge in [0, 0.05) is 34.4 Å². The highest BCUT2D eigenvalue weighted by atomic mass is 32.2.